The lowest BCUT2D eigenvalue weighted by molar-refractivity contribution is -0.135. The number of thioether (sulfide) groups is 1. The third-order valence-corrected chi connectivity index (χ3v) is 7.27. The Kier molecular flexibility index (Phi) is 6.90. The van der Waals surface area contributed by atoms with Crippen LogP contribution >= 0.6 is 11.8 Å². The monoisotopic (exact) mass is 386 g/mol. The molecule has 140 valence electrons. The zero-order valence-electron chi connectivity index (χ0n) is 14.9. The van der Waals surface area contributed by atoms with Gasteiger partial charge in [-0.2, -0.15) is 4.31 Å². The van der Waals surface area contributed by atoms with Crippen molar-refractivity contribution in [2.24, 2.45) is 0 Å². The Morgan fingerprint density at radius 1 is 1.20 bits per heavy atom. The predicted octanol–water partition coefficient (Wildman–Crippen LogP) is 1.79. The lowest BCUT2D eigenvalue weighted by Crippen LogP contribution is -2.49. The number of benzene rings is 1. The molecule has 0 aliphatic heterocycles. The van der Waals surface area contributed by atoms with Gasteiger partial charge >= 0.3 is 0 Å². The fraction of sp³-hybridized carbons (Fsp3) is 0.588. The second-order valence-electron chi connectivity index (χ2n) is 6.36. The molecule has 1 aliphatic rings. The summed E-state index contributed by atoms with van der Waals surface area (Å²) in [4.78, 5) is 15.1. The fourth-order valence-electron chi connectivity index (χ4n) is 3.04. The molecule has 1 fully saturated rings. The highest BCUT2D eigenvalue weighted by Gasteiger charge is 2.31. The van der Waals surface area contributed by atoms with Gasteiger partial charge in [-0.1, -0.05) is 12.8 Å². The summed E-state index contributed by atoms with van der Waals surface area (Å²) in [5.41, 5.74) is 0. The van der Waals surface area contributed by atoms with E-state index in [2.05, 4.69) is 0 Å². The lowest BCUT2D eigenvalue weighted by atomic mass is 9.91. The normalized spacial score (nSPS) is 21.3. The molecule has 0 spiro atoms. The minimum absolute atomic E-state index is 0.168. The molecule has 25 heavy (non-hydrogen) atoms. The van der Waals surface area contributed by atoms with Gasteiger partial charge in [-0.25, -0.2) is 8.42 Å². The van der Waals surface area contributed by atoms with E-state index in [1.54, 1.807) is 31.3 Å². The van der Waals surface area contributed by atoms with Crippen LogP contribution in [0, 0.1) is 0 Å². The first-order valence-electron chi connectivity index (χ1n) is 8.31. The molecular weight excluding hydrogens is 360 g/mol. The molecule has 2 rings (SSSR count). The van der Waals surface area contributed by atoms with E-state index in [1.165, 1.54) is 23.7 Å². The van der Waals surface area contributed by atoms with Crippen LogP contribution in [0.3, 0.4) is 0 Å². The predicted molar refractivity (Wildman–Crippen MR) is 99.1 cm³/mol. The van der Waals surface area contributed by atoms with E-state index < -0.39 is 16.1 Å². The summed E-state index contributed by atoms with van der Waals surface area (Å²) in [5.74, 6) is -0.308. The molecule has 0 heterocycles. The largest absolute Gasteiger partial charge is 0.391 e. The summed E-state index contributed by atoms with van der Waals surface area (Å²) >= 11 is 1.53. The van der Waals surface area contributed by atoms with Gasteiger partial charge in [0, 0.05) is 19.0 Å². The Bertz CT molecular complexity index is 691. The minimum atomic E-state index is -3.72. The summed E-state index contributed by atoms with van der Waals surface area (Å²) in [7, 11) is -0.685. The maximum atomic E-state index is 12.6. The van der Waals surface area contributed by atoms with Crippen molar-refractivity contribution >= 4 is 27.7 Å². The molecule has 0 saturated heterocycles. The van der Waals surface area contributed by atoms with Crippen molar-refractivity contribution in [1.82, 2.24) is 9.21 Å². The second kappa shape index (κ2) is 8.53. The zero-order valence-corrected chi connectivity index (χ0v) is 16.5. The Balaban J connectivity index is 2.05. The van der Waals surface area contributed by atoms with E-state index in [0.29, 0.717) is 6.42 Å². The molecule has 0 aromatic heterocycles. The fourth-order valence-corrected chi connectivity index (χ4v) is 4.57. The zero-order chi connectivity index (χ0) is 18.6. The maximum Gasteiger partial charge on any atom is 0.243 e. The van der Waals surface area contributed by atoms with E-state index in [-0.39, 0.29) is 23.4 Å². The second-order valence-corrected chi connectivity index (χ2v) is 9.28. The van der Waals surface area contributed by atoms with Gasteiger partial charge in [-0.3, -0.25) is 4.79 Å². The number of carbonyl (C=O) groups excluding carboxylic acids is 1. The topological polar surface area (TPSA) is 77.9 Å². The van der Waals surface area contributed by atoms with Crippen molar-refractivity contribution in [3.63, 3.8) is 0 Å². The molecule has 1 saturated carbocycles. The number of rotatable bonds is 6. The van der Waals surface area contributed by atoms with E-state index >= 15 is 0 Å². The van der Waals surface area contributed by atoms with Gasteiger partial charge in [0.2, 0.25) is 15.9 Å². The van der Waals surface area contributed by atoms with E-state index in [1.807, 2.05) is 6.26 Å². The Morgan fingerprint density at radius 3 is 2.36 bits per heavy atom. The van der Waals surface area contributed by atoms with Crippen molar-refractivity contribution in [1.29, 1.82) is 0 Å². The van der Waals surface area contributed by atoms with Crippen LogP contribution in [0.25, 0.3) is 0 Å². The van der Waals surface area contributed by atoms with Gasteiger partial charge < -0.3 is 10.0 Å². The van der Waals surface area contributed by atoms with Gasteiger partial charge in [0.05, 0.1) is 23.6 Å². The van der Waals surface area contributed by atoms with Crippen LogP contribution in [-0.2, 0) is 14.8 Å². The molecular formula is C17H26N2O4S2. The summed E-state index contributed by atoms with van der Waals surface area (Å²) in [5, 5.41) is 10.1. The molecule has 0 bridgehead atoms. The van der Waals surface area contributed by atoms with Gasteiger partial charge in [0.15, 0.2) is 0 Å². The number of nitrogens with zero attached hydrogens (tertiary/aromatic N) is 2. The van der Waals surface area contributed by atoms with Crippen molar-refractivity contribution in [3.05, 3.63) is 24.3 Å². The van der Waals surface area contributed by atoms with Crippen molar-refractivity contribution in [2.75, 3.05) is 26.9 Å². The average molecular weight is 387 g/mol. The standard InChI is InChI=1S/C17H26N2O4S2/c1-18(25(22,23)14-10-8-13(24-3)9-11-14)12-17(21)19(2)15-6-4-5-7-16(15)20/h8-11,15-16,20H,4-7,12H2,1-3H3/t15-,16-/m1/s1. The van der Waals surface area contributed by atoms with Gasteiger partial charge in [-0.15, -0.1) is 11.8 Å². The first kappa shape index (κ1) is 20.2. The molecule has 0 unspecified atom stereocenters. The minimum Gasteiger partial charge on any atom is -0.391 e. The molecule has 0 radical (unpaired) electrons. The highest BCUT2D eigenvalue weighted by molar-refractivity contribution is 7.98. The van der Waals surface area contributed by atoms with Crippen LogP contribution in [0.1, 0.15) is 25.7 Å². The van der Waals surface area contributed by atoms with Crippen LogP contribution in [0.2, 0.25) is 0 Å². The quantitative estimate of drug-likeness (QED) is 0.754. The molecule has 1 N–H and O–H groups in total. The van der Waals surface area contributed by atoms with Crippen LogP contribution in [-0.4, -0.2) is 67.7 Å². The summed E-state index contributed by atoms with van der Waals surface area (Å²) < 4.78 is 26.3. The summed E-state index contributed by atoms with van der Waals surface area (Å²) in [6.07, 6.45) is 4.73. The van der Waals surface area contributed by atoms with Crippen LogP contribution in [0.5, 0.6) is 0 Å². The number of likely N-dealkylation sites (N-methyl/N-ethyl adjacent to an activating group) is 2. The maximum absolute atomic E-state index is 12.6. The Hall–Kier alpha value is -1.09. The lowest BCUT2D eigenvalue weighted by Gasteiger charge is -2.35. The van der Waals surface area contributed by atoms with Crippen LogP contribution in [0.4, 0.5) is 0 Å². The average Bonchev–Trinajstić information content (AvgIpc) is 2.61. The smallest absolute Gasteiger partial charge is 0.243 e. The number of hydrogen-bond donors (Lipinski definition) is 1. The van der Waals surface area contributed by atoms with Gasteiger partial charge in [0.1, 0.15) is 0 Å². The SMILES string of the molecule is CSc1ccc(S(=O)(=O)N(C)CC(=O)N(C)[C@@H]2CCCC[C@H]2O)cc1. The first-order valence-corrected chi connectivity index (χ1v) is 11.0. The molecule has 1 aromatic carbocycles. The van der Waals surface area contributed by atoms with Crippen LogP contribution < -0.4 is 0 Å². The third-order valence-electron chi connectivity index (χ3n) is 4.71. The Morgan fingerprint density at radius 2 is 1.80 bits per heavy atom. The van der Waals surface area contributed by atoms with Crippen LogP contribution in [0.15, 0.2) is 34.1 Å². The number of hydrogen-bond acceptors (Lipinski definition) is 5. The summed E-state index contributed by atoms with van der Waals surface area (Å²) in [6, 6.07) is 6.36. The van der Waals surface area contributed by atoms with Crippen molar-refractivity contribution in [3.8, 4) is 0 Å². The molecule has 1 amide bonds. The number of amides is 1. The van der Waals surface area contributed by atoms with Crippen molar-refractivity contribution < 1.29 is 18.3 Å². The molecule has 6 nitrogen and oxygen atoms in total. The Labute approximate surface area is 154 Å². The number of aliphatic hydroxyl groups excluding tert-OH is 1. The van der Waals surface area contributed by atoms with Gasteiger partial charge in [-0.05, 0) is 43.4 Å². The molecule has 1 aromatic rings. The van der Waals surface area contributed by atoms with E-state index in [0.717, 1.165) is 28.5 Å². The summed E-state index contributed by atoms with van der Waals surface area (Å²) in [6.45, 7) is -0.244. The number of sulfonamides is 1. The van der Waals surface area contributed by atoms with E-state index in [4.69, 9.17) is 0 Å². The number of aliphatic hydroxyl groups is 1. The third kappa shape index (κ3) is 4.75. The number of carbonyl (C=O) groups is 1. The molecule has 2 atom stereocenters. The van der Waals surface area contributed by atoms with E-state index in [9.17, 15) is 18.3 Å². The van der Waals surface area contributed by atoms with Gasteiger partial charge in [0.25, 0.3) is 0 Å². The highest BCUT2D eigenvalue weighted by atomic mass is 32.2. The molecule has 8 heteroatoms. The first-order chi connectivity index (χ1) is 11.8. The molecule has 1 aliphatic carbocycles. The highest BCUT2D eigenvalue weighted by Crippen LogP contribution is 2.23. The van der Waals surface area contributed by atoms with Crippen molar-refractivity contribution in [2.45, 2.75) is 47.6 Å².